The van der Waals surface area contributed by atoms with Crippen LogP contribution in [0.2, 0.25) is 0 Å². The van der Waals surface area contributed by atoms with Crippen molar-refractivity contribution in [3.63, 3.8) is 0 Å². The third-order valence-corrected chi connectivity index (χ3v) is 6.08. The molecule has 33 heavy (non-hydrogen) atoms. The normalized spacial score (nSPS) is 12.4. The molecule has 6 heteroatoms. The summed E-state index contributed by atoms with van der Waals surface area (Å²) in [5, 5.41) is 9.22. The second kappa shape index (κ2) is 12.2. The fourth-order valence-electron chi connectivity index (χ4n) is 3.38. The van der Waals surface area contributed by atoms with E-state index in [1.807, 2.05) is 36.4 Å². The quantitative estimate of drug-likeness (QED) is 0.275. The lowest BCUT2D eigenvalue weighted by molar-refractivity contribution is -0.149. The summed E-state index contributed by atoms with van der Waals surface area (Å²) in [7, 11) is 0. The molecule has 3 aromatic rings. The Morgan fingerprint density at radius 3 is 2.18 bits per heavy atom. The van der Waals surface area contributed by atoms with E-state index in [1.165, 1.54) is 0 Å². The molecule has 1 atom stereocenters. The van der Waals surface area contributed by atoms with Crippen LogP contribution in [0.25, 0.3) is 16.7 Å². The Kier molecular flexibility index (Phi) is 9.30. The van der Waals surface area contributed by atoms with E-state index in [0.717, 1.165) is 42.5 Å². The number of halogens is 2. The minimum Gasteiger partial charge on any atom is -0.490 e. The largest absolute Gasteiger partial charge is 0.490 e. The Morgan fingerprint density at radius 1 is 0.970 bits per heavy atom. The molecular formula is C27H26Br2O4. The zero-order valence-corrected chi connectivity index (χ0v) is 21.7. The van der Waals surface area contributed by atoms with Crippen molar-refractivity contribution in [2.75, 3.05) is 13.2 Å². The monoisotopic (exact) mass is 572 g/mol. The lowest BCUT2D eigenvalue weighted by Gasteiger charge is -2.12. The lowest BCUT2D eigenvalue weighted by atomic mass is 10.0. The van der Waals surface area contributed by atoms with Gasteiger partial charge in [0.1, 0.15) is 12.4 Å². The predicted octanol–water partition coefficient (Wildman–Crippen LogP) is 7.39. The van der Waals surface area contributed by atoms with Crippen LogP contribution in [-0.2, 0) is 16.0 Å². The first kappa shape index (κ1) is 25.2. The molecular weight excluding hydrogens is 548 g/mol. The first-order valence-electron chi connectivity index (χ1n) is 10.7. The van der Waals surface area contributed by atoms with E-state index in [0.29, 0.717) is 19.6 Å². The van der Waals surface area contributed by atoms with Crippen LogP contribution in [0.1, 0.15) is 25.0 Å². The van der Waals surface area contributed by atoms with E-state index in [1.54, 1.807) is 6.92 Å². The average molecular weight is 574 g/mol. The molecule has 0 radical (unpaired) electrons. The fraction of sp³-hybridized carbons (Fsp3) is 0.222. The Labute approximate surface area is 211 Å². The molecule has 0 saturated heterocycles. The highest BCUT2D eigenvalue weighted by molar-refractivity contribution is 9.11. The zero-order chi connectivity index (χ0) is 23.8. The number of allylic oxidation sites excluding steroid dienone is 1. The number of carboxylic acids is 1. The van der Waals surface area contributed by atoms with E-state index in [2.05, 4.69) is 75.2 Å². The minimum absolute atomic E-state index is 0.329. The molecule has 0 aliphatic rings. The van der Waals surface area contributed by atoms with Crippen molar-refractivity contribution < 1.29 is 19.4 Å². The highest BCUT2D eigenvalue weighted by atomic mass is 79.9. The third-order valence-electron chi connectivity index (χ3n) is 5.16. The molecule has 0 spiro atoms. The van der Waals surface area contributed by atoms with Crippen molar-refractivity contribution in [2.45, 2.75) is 26.4 Å². The predicted molar refractivity (Wildman–Crippen MR) is 140 cm³/mol. The minimum atomic E-state index is -0.949. The number of carbonyl (C=O) groups is 1. The van der Waals surface area contributed by atoms with Crippen molar-refractivity contribution in [1.82, 2.24) is 0 Å². The van der Waals surface area contributed by atoms with Gasteiger partial charge in [-0.15, -0.1) is 0 Å². The zero-order valence-electron chi connectivity index (χ0n) is 18.6. The maximum absolute atomic E-state index is 11.2. The van der Waals surface area contributed by atoms with Crippen LogP contribution < -0.4 is 4.74 Å². The van der Waals surface area contributed by atoms with Crippen LogP contribution in [0.4, 0.5) is 0 Å². The number of hydrogen-bond donors (Lipinski definition) is 1. The van der Waals surface area contributed by atoms with Crippen LogP contribution in [0.15, 0.2) is 81.8 Å². The Hall–Kier alpha value is -2.41. The molecule has 1 unspecified atom stereocenters. The fourth-order valence-corrected chi connectivity index (χ4v) is 4.68. The summed E-state index contributed by atoms with van der Waals surface area (Å²) in [5.41, 5.74) is 5.47. The summed E-state index contributed by atoms with van der Waals surface area (Å²) < 4.78 is 13.2. The summed E-state index contributed by atoms with van der Waals surface area (Å²) in [4.78, 5) is 11.2. The second-order valence-corrected chi connectivity index (χ2v) is 9.40. The van der Waals surface area contributed by atoms with Gasteiger partial charge in [0.15, 0.2) is 6.10 Å². The van der Waals surface area contributed by atoms with Gasteiger partial charge in [-0.2, -0.15) is 0 Å². The van der Waals surface area contributed by atoms with Crippen LogP contribution in [0.5, 0.6) is 5.75 Å². The molecule has 0 fully saturated rings. The van der Waals surface area contributed by atoms with E-state index >= 15 is 0 Å². The van der Waals surface area contributed by atoms with Gasteiger partial charge in [-0.1, -0.05) is 68.3 Å². The summed E-state index contributed by atoms with van der Waals surface area (Å²) in [5.74, 6) is -0.211. The van der Waals surface area contributed by atoms with E-state index < -0.39 is 12.1 Å². The van der Waals surface area contributed by atoms with Gasteiger partial charge in [-0.05, 0) is 78.1 Å². The number of benzene rings is 3. The molecule has 3 rings (SSSR count). The number of ether oxygens (including phenoxy) is 2. The van der Waals surface area contributed by atoms with Gasteiger partial charge in [-0.3, -0.25) is 0 Å². The van der Waals surface area contributed by atoms with Gasteiger partial charge in [0.25, 0.3) is 0 Å². The van der Waals surface area contributed by atoms with Gasteiger partial charge in [0.05, 0.1) is 0 Å². The van der Waals surface area contributed by atoms with Crippen molar-refractivity contribution in [3.8, 4) is 16.9 Å². The molecule has 4 nitrogen and oxygen atoms in total. The molecule has 0 aromatic heterocycles. The van der Waals surface area contributed by atoms with Crippen LogP contribution in [0, 0.1) is 0 Å². The average Bonchev–Trinajstić information content (AvgIpc) is 2.79. The highest BCUT2D eigenvalue weighted by Gasteiger charge is 2.17. The highest BCUT2D eigenvalue weighted by Crippen LogP contribution is 2.28. The van der Waals surface area contributed by atoms with E-state index in [4.69, 9.17) is 9.47 Å². The summed E-state index contributed by atoms with van der Waals surface area (Å²) in [6.45, 7) is 4.67. The summed E-state index contributed by atoms with van der Waals surface area (Å²) >= 11 is 7.08. The lowest BCUT2D eigenvalue weighted by Crippen LogP contribution is -2.26. The molecule has 3 aromatic carbocycles. The van der Waals surface area contributed by atoms with Crippen LogP contribution in [0.3, 0.4) is 0 Å². The first-order valence-corrected chi connectivity index (χ1v) is 12.2. The maximum Gasteiger partial charge on any atom is 0.333 e. The molecule has 0 amide bonds. The Morgan fingerprint density at radius 2 is 1.61 bits per heavy atom. The molecule has 1 N–H and O–H groups in total. The number of carboxylic acid groups (broad SMARTS) is 1. The Bertz CT molecular complexity index is 1090. The smallest absolute Gasteiger partial charge is 0.333 e. The summed E-state index contributed by atoms with van der Waals surface area (Å²) in [6.07, 6.45) is 1.55. The van der Waals surface area contributed by atoms with Crippen molar-refractivity contribution >= 4 is 43.4 Å². The number of aliphatic carboxylic acids is 1. The molecule has 0 aliphatic carbocycles. The Balaban J connectivity index is 1.57. The summed E-state index contributed by atoms with van der Waals surface area (Å²) in [6, 6.07) is 22.1. The van der Waals surface area contributed by atoms with Crippen molar-refractivity contribution in [2.24, 2.45) is 0 Å². The maximum atomic E-state index is 11.2. The van der Waals surface area contributed by atoms with Crippen LogP contribution in [-0.4, -0.2) is 30.4 Å². The van der Waals surface area contributed by atoms with E-state index in [9.17, 15) is 9.90 Å². The van der Waals surface area contributed by atoms with Gasteiger partial charge < -0.3 is 14.6 Å². The number of rotatable bonds is 10. The van der Waals surface area contributed by atoms with Gasteiger partial charge >= 0.3 is 5.97 Å². The topological polar surface area (TPSA) is 55.8 Å². The second-order valence-electron chi connectivity index (χ2n) is 7.56. The molecule has 0 aliphatic heterocycles. The molecule has 0 saturated carbocycles. The van der Waals surface area contributed by atoms with Gasteiger partial charge in [0.2, 0.25) is 0 Å². The molecule has 0 bridgehead atoms. The standard InChI is InChI=1S/C27H26Br2O4/c1-3-32-26(27(30)31)14-19-4-10-25(11-5-19)33-13-12-18(2)20-6-8-21(9-7-20)22-15-23(28)17-24(29)16-22/h4-12,15-17,26H,3,13-14H2,1-2H3,(H,30,31)/b18-12-. The third kappa shape index (κ3) is 7.56. The molecule has 172 valence electrons. The van der Waals surface area contributed by atoms with Crippen molar-refractivity contribution in [1.29, 1.82) is 0 Å². The van der Waals surface area contributed by atoms with E-state index in [-0.39, 0.29) is 0 Å². The number of hydrogen-bond acceptors (Lipinski definition) is 3. The SMILES string of the molecule is CCOC(Cc1ccc(OC/C=C(/C)c2ccc(-c3cc(Br)cc(Br)c3)cc2)cc1)C(=O)O. The first-order chi connectivity index (χ1) is 15.9. The van der Waals surface area contributed by atoms with Crippen LogP contribution >= 0.6 is 31.9 Å². The van der Waals surface area contributed by atoms with Crippen molar-refractivity contribution in [3.05, 3.63) is 92.9 Å². The van der Waals surface area contributed by atoms with Gasteiger partial charge in [-0.25, -0.2) is 4.79 Å². The van der Waals surface area contributed by atoms with Gasteiger partial charge in [0, 0.05) is 22.0 Å². The molecule has 0 heterocycles.